The van der Waals surface area contributed by atoms with Crippen LogP contribution in [0.2, 0.25) is 0 Å². The van der Waals surface area contributed by atoms with E-state index < -0.39 is 0 Å². The van der Waals surface area contributed by atoms with Gasteiger partial charge >= 0.3 is 26.2 Å². The smallest absolute Gasteiger partial charge is 1.00 e. The van der Waals surface area contributed by atoms with Crippen LogP contribution < -0.4 is 37.2 Å². The van der Waals surface area contributed by atoms with Crippen molar-refractivity contribution in [3.8, 4) is 0 Å². The van der Waals surface area contributed by atoms with Crippen LogP contribution in [0.3, 0.4) is 0 Å². The Labute approximate surface area is 147 Å². The van der Waals surface area contributed by atoms with Crippen LogP contribution in [0.25, 0.3) is 0 Å². The Balaban J connectivity index is -0.000000490. The molecule has 0 radical (unpaired) electrons. The summed E-state index contributed by atoms with van der Waals surface area (Å²) in [6.45, 7) is 0. The maximum atomic E-state index is 4.39. The molecule has 0 aromatic carbocycles. The molecule has 2 aliphatic rings. The van der Waals surface area contributed by atoms with Gasteiger partial charge in [0.15, 0.2) is 0 Å². The van der Waals surface area contributed by atoms with E-state index in [1.54, 1.807) is 0 Å². The van der Waals surface area contributed by atoms with E-state index in [0.717, 1.165) is 18.6 Å². The first-order valence-corrected chi connectivity index (χ1v) is 5.24. The van der Waals surface area contributed by atoms with Gasteiger partial charge in [-0.1, -0.05) is 12.2 Å². The molecule has 17 heavy (non-hydrogen) atoms. The second-order valence-corrected chi connectivity index (χ2v) is 3.60. The summed E-state index contributed by atoms with van der Waals surface area (Å²) in [6, 6.07) is 0. The normalized spacial score (nSPS) is 14.6. The van der Waals surface area contributed by atoms with E-state index in [4.69, 9.17) is 0 Å². The number of allylic oxidation sites excluding steroid dienone is 8. The summed E-state index contributed by atoms with van der Waals surface area (Å²) in [5.41, 5.74) is 2.87. The maximum absolute atomic E-state index is 4.39. The monoisotopic (exact) mass is 384 g/mol. The Bertz CT molecular complexity index is 292. The molecule has 0 N–H and O–H groups in total. The average Bonchev–Trinajstić information content (AvgIpc) is 2.76. The molecule has 92 valence electrons. The van der Waals surface area contributed by atoms with Gasteiger partial charge in [0, 0.05) is 0 Å². The molecule has 0 atom stereocenters. The standard InChI is InChI=1S/C12H13S.3ClH.Zr/c13-9-12(10-5-1-2-6-10)11-7-3-4-8-11;;;;/h1-5,7,13H,6,8-9H2;3*1H;/q-1;;;;+4/p-3. The Morgan fingerprint density at radius 3 is 1.59 bits per heavy atom. The van der Waals surface area contributed by atoms with Gasteiger partial charge in [-0.15, -0.1) is 29.2 Å². The summed E-state index contributed by atoms with van der Waals surface area (Å²) in [5, 5.41) is 0. The average molecular weight is 387 g/mol. The molecule has 0 amide bonds. The van der Waals surface area contributed by atoms with Crippen LogP contribution in [0, 0.1) is 5.92 Å². The van der Waals surface area contributed by atoms with Crippen molar-refractivity contribution >= 4 is 12.6 Å². The van der Waals surface area contributed by atoms with Crippen molar-refractivity contribution in [1.82, 2.24) is 0 Å². The van der Waals surface area contributed by atoms with Crippen LogP contribution >= 0.6 is 12.6 Å². The molecule has 2 rings (SSSR count). The summed E-state index contributed by atoms with van der Waals surface area (Å²) in [5.74, 6) is 2.26. The number of halogens is 3. The van der Waals surface area contributed by atoms with Crippen molar-refractivity contribution in [2.45, 2.75) is 12.8 Å². The molecule has 2 aliphatic carbocycles. The van der Waals surface area contributed by atoms with Crippen LogP contribution in [-0.4, -0.2) is 5.75 Å². The third-order valence-corrected chi connectivity index (χ3v) is 2.79. The van der Waals surface area contributed by atoms with Gasteiger partial charge in [-0.3, -0.25) is 0 Å². The molecule has 0 aromatic heterocycles. The van der Waals surface area contributed by atoms with E-state index in [1.807, 2.05) is 0 Å². The van der Waals surface area contributed by atoms with E-state index in [9.17, 15) is 0 Å². The van der Waals surface area contributed by atoms with Crippen molar-refractivity contribution in [3.05, 3.63) is 53.5 Å². The zero-order valence-corrected chi connectivity index (χ0v) is 14.8. The third kappa shape index (κ3) is 6.07. The van der Waals surface area contributed by atoms with E-state index in [0.29, 0.717) is 0 Å². The Morgan fingerprint density at radius 1 is 0.941 bits per heavy atom. The first-order chi connectivity index (χ1) is 6.42. The topological polar surface area (TPSA) is 0 Å². The molecule has 0 heterocycles. The predicted octanol–water partition coefficient (Wildman–Crippen LogP) is -5.73. The van der Waals surface area contributed by atoms with E-state index in [2.05, 4.69) is 49.1 Å². The molecule has 5 heteroatoms. The third-order valence-electron chi connectivity index (χ3n) is 2.48. The van der Waals surface area contributed by atoms with Crippen molar-refractivity contribution in [2.24, 2.45) is 0 Å². The van der Waals surface area contributed by atoms with Crippen molar-refractivity contribution in [1.29, 1.82) is 0 Å². The van der Waals surface area contributed by atoms with Crippen LogP contribution in [-0.2, 0) is 26.2 Å². The molecule has 0 nitrogen and oxygen atoms in total. The summed E-state index contributed by atoms with van der Waals surface area (Å²) in [6.07, 6.45) is 15.2. The minimum Gasteiger partial charge on any atom is -1.00 e. The summed E-state index contributed by atoms with van der Waals surface area (Å²) in [7, 11) is 0. The van der Waals surface area contributed by atoms with Crippen LogP contribution in [0.1, 0.15) is 12.8 Å². The first-order valence-electron chi connectivity index (χ1n) is 4.60. The predicted molar refractivity (Wildman–Crippen MR) is 60.8 cm³/mol. The van der Waals surface area contributed by atoms with Crippen molar-refractivity contribution in [3.63, 3.8) is 0 Å². The van der Waals surface area contributed by atoms with Crippen LogP contribution in [0.4, 0.5) is 0 Å². The zero-order chi connectivity index (χ0) is 9.10. The molecule has 0 spiro atoms. The van der Waals surface area contributed by atoms with Crippen LogP contribution in [0.5, 0.6) is 0 Å². The fraction of sp³-hybridized carbons (Fsp3) is 0.250. The Morgan fingerprint density at radius 2 is 1.35 bits per heavy atom. The van der Waals surface area contributed by atoms with Gasteiger partial charge in [-0.05, 0) is 18.6 Å². The minimum absolute atomic E-state index is 0. The zero-order valence-electron chi connectivity index (χ0n) is 9.17. The van der Waals surface area contributed by atoms with Gasteiger partial charge < -0.3 is 37.2 Å². The molecule has 0 saturated carbocycles. The van der Waals surface area contributed by atoms with Gasteiger partial charge in [-0.25, -0.2) is 0 Å². The molecule has 0 unspecified atom stereocenters. The first kappa shape index (κ1) is 23.1. The minimum atomic E-state index is 0. The van der Waals surface area contributed by atoms with Crippen LogP contribution in [0.15, 0.2) is 47.6 Å². The number of thiol groups is 1. The fourth-order valence-electron chi connectivity index (χ4n) is 1.75. The van der Waals surface area contributed by atoms with Gasteiger partial charge in [-0.2, -0.15) is 24.8 Å². The number of hydrogen-bond acceptors (Lipinski definition) is 1. The quantitative estimate of drug-likeness (QED) is 0.363. The van der Waals surface area contributed by atoms with E-state index >= 15 is 0 Å². The molecule has 0 fully saturated rings. The summed E-state index contributed by atoms with van der Waals surface area (Å²) < 4.78 is 0. The number of rotatable bonds is 3. The summed E-state index contributed by atoms with van der Waals surface area (Å²) >= 11 is 4.39. The van der Waals surface area contributed by atoms with Crippen molar-refractivity contribution in [2.75, 3.05) is 5.75 Å². The van der Waals surface area contributed by atoms with Crippen molar-refractivity contribution < 1.29 is 63.4 Å². The summed E-state index contributed by atoms with van der Waals surface area (Å²) in [4.78, 5) is 0. The molecule has 0 aromatic rings. The number of hydrogen-bond donors (Lipinski definition) is 1. The molecule has 0 aliphatic heterocycles. The Kier molecular flexibility index (Phi) is 16.3. The molecular formula is C12H13Cl3SZr. The maximum Gasteiger partial charge on any atom is 4.00 e. The largest absolute Gasteiger partial charge is 4.00 e. The second kappa shape index (κ2) is 12.0. The van der Waals surface area contributed by atoms with E-state index in [1.165, 1.54) is 17.1 Å². The molecule has 0 bridgehead atoms. The molecular weight excluding hydrogens is 374 g/mol. The fourth-order valence-corrected chi connectivity index (χ4v) is 2.16. The van der Waals surface area contributed by atoms with Gasteiger partial charge in [0.1, 0.15) is 0 Å². The van der Waals surface area contributed by atoms with Gasteiger partial charge in [0.2, 0.25) is 0 Å². The Hall–Kier alpha value is 0.933. The van der Waals surface area contributed by atoms with E-state index in [-0.39, 0.29) is 63.4 Å². The second-order valence-electron chi connectivity index (χ2n) is 3.29. The SMILES string of the molecule is SC[C-](C1=CC=CC1)C1=CC=CC1.[Cl-].[Cl-].[Cl-].[Zr+4]. The van der Waals surface area contributed by atoms with Gasteiger partial charge in [0.25, 0.3) is 0 Å². The van der Waals surface area contributed by atoms with Gasteiger partial charge in [0.05, 0.1) is 0 Å². The molecule has 0 saturated heterocycles.